The quantitative estimate of drug-likeness (QED) is 0.718. The van der Waals surface area contributed by atoms with Crippen molar-refractivity contribution in [1.29, 1.82) is 5.26 Å². The van der Waals surface area contributed by atoms with Gasteiger partial charge in [0, 0.05) is 18.8 Å². The molecule has 0 saturated carbocycles. The molecule has 1 heterocycles. The van der Waals surface area contributed by atoms with Crippen molar-refractivity contribution in [1.82, 2.24) is 14.8 Å². The fraction of sp³-hybridized carbons (Fsp3) is 0.444. The Hall–Kier alpha value is -2.53. The van der Waals surface area contributed by atoms with Crippen LogP contribution in [0.15, 0.2) is 28.2 Å². The topological polar surface area (TPSA) is 94.8 Å². The van der Waals surface area contributed by atoms with Crippen LogP contribution >= 0.6 is 11.8 Å². The third-order valence-electron chi connectivity index (χ3n) is 3.76. The molecule has 2 aromatic rings. The number of thioether (sulfide) groups is 1. The number of hydrogen-bond donors (Lipinski definition) is 1. The molecule has 0 unspecified atom stereocenters. The summed E-state index contributed by atoms with van der Waals surface area (Å²) in [7, 11) is 0. The molecular formula is C18H23N5O2S. The Balaban J connectivity index is 2.17. The summed E-state index contributed by atoms with van der Waals surface area (Å²) in [5.74, 6) is 0.0284. The van der Waals surface area contributed by atoms with Crippen LogP contribution in [-0.2, 0) is 11.3 Å². The first-order valence-corrected chi connectivity index (χ1v) is 9.48. The fourth-order valence-corrected chi connectivity index (χ4v) is 3.55. The van der Waals surface area contributed by atoms with E-state index in [2.05, 4.69) is 16.3 Å². The minimum absolute atomic E-state index is 0.117. The van der Waals surface area contributed by atoms with E-state index in [9.17, 15) is 9.59 Å². The van der Waals surface area contributed by atoms with Crippen molar-refractivity contribution in [2.45, 2.75) is 45.3 Å². The molecule has 26 heavy (non-hydrogen) atoms. The van der Waals surface area contributed by atoms with Crippen LogP contribution in [0.3, 0.4) is 0 Å². The van der Waals surface area contributed by atoms with Crippen molar-refractivity contribution in [2.24, 2.45) is 0 Å². The van der Waals surface area contributed by atoms with Crippen molar-refractivity contribution >= 4 is 23.4 Å². The van der Waals surface area contributed by atoms with Crippen molar-refractivity contribution in [2.75, 3.05) is 17.2 Å². The zero-order chi connectivity index (χ0) is 19.1. The van der Waals surface area contributed by atoms with Crippen LogP contribution in [-0.4, -0.2) is 33.0 Å². The maximum Gasteiger partial charge on any atom is 0.343 e. The van der Waals surface area contributed by atoms with Gasteiger partial charge in [0.2, 0.25) is 5.91 Å². The molecule has 0 radical (unpaired) electrons. The number of anilines is 1. The number of aromatic nitrogens is 3. The lowest BCUT2D eigenvalue weighted by molar-refractivity contribution is -0.116. The molecule has 7 nitrogen and oxygen atoms in total. The van der Waals surface area contributed by atoms with E-state index in [1.54, 1.807) is 4.90 Å². The number of nitrogens with one attached hydrogen (secondary N) is 1. The minimum atomic E-state index is -0.266. The van der Waals surface area contributed by atoms with Gasteiger partial charge < -0.3 is 4.90 Å². The molecule has 0 aliphatic carbocycles. The largest absolute Gasteiger partial charge is 0.343 e. The molecule has 0 bridgehead atoms. The highest BCUT2D eigenvalue weighted by molar-refractivity contribution is 7.99. The van der Waals surface area contributed by atoms with Crippen molar-refractivity contribution in [3.8, 4) is 6.07 Å². The number of carbonyl (C=O) groups is 1. The van der Waals surface area contributed by atoms with E-state index >= 15 is 0 Å². The van der Waals surface area contributed by atoms with E-state index in [0.717, 1.165) is 23.2 Å². The smallest absolute Gasteiger partial charge is 0.311 e. The van der Waals surface area contributed by atoms with Gasteiger partial charge in [0.05, 0.1) is 18.2 Å². The van der Waals surface area contributed by atoms with E-state index in [1.165, 1.54) is 16.3 Å². The molecule has 2 rings (SSSR count). The highest BCUT2D eigenvalue weighted by Crippen LogP contribution is 2.22. The van der Waals surface area contributed by atoms with Crippen LogP contribution < -0.4 is 10.6 Å². The number of carbonyl (C=O) groups excluding carboxylic acids is 1. The van der Waals surface area contributed by atoms with Gasteiger partial charge >= 0.3 is 5.69 Å². The summed E-state index contributed by atoms with van der Waals surface area (Å²) < 4.78 is 1.54. The second kappa shape index (κ2) is 9.25. The minimum Gasteiger partial charge on any atom is -0.311 e. The predicted molar refractivity (Wildman–Crippen MR) is 102 cm³/mol. The molecule has 8 heteroatoms. The molecule has 0 spiro atoms. The number of nitrogens with zero attached hydrogens (tertiary/aromatic N) is 4. The maximum absolute atomic E-state index is 12.8. The van der Waals surface area contributed by atoms with Crippen molar-refractivity contribution < 1.29 is 4.79 Å². The Morgan fingerprint density at radius 1 is 1.35 bits per heavy atom. The molecule has 0 aliphatic heterocycles. The lowest BCUT2D eigenvalue weighted by Gasteiger charge is -2.22. The Morgan fingerprint density at radius 3 is 2.65 bits per heavy atom. The highest BCUT2D eigenvalue weighted by atomic mass is 32.2. The number of rotatable bonds is 8. The highest BCUT2D eigenvalue weighted by Gasteiger charge is 2.18. The first-order chi connectivity index (χ1) is 12.5. The number of hydrogen-bond acceptors (Lipinski definition) is 5. The number of aromatic amines is 1. The molecule has 0 atom stereocenters. The van der Waals surface area contributed by atoms with Crippen molar-refractivity contribution in [3.63, 3.8) is 0 Å². The number of benzene rings is 1. The Bertz CT molecular complexity index is 845. The van der Waals surface area contributed by atoms with Gasteiger partial charge in [-0.2, -0.15) is 5.26 Å². The summed E-state index contributed by atoms with van der Waals surface area (Å²) >= 11 is 1.23. The average molecular weight is 373 g/mol. The van der Waals surface area contributed by atoms with Gasteiger partial charge in [0.1, 0.15) is 0 Å². The van der Waals surface area contributed by atoms with Gasteiger partial charge in [-0.05, 0) is 43.5 Å². The molecule has 1 aromatic heterocycles. The molecule has 0 fully saturated rings. The molecule has 1 N–H and O–H groups in total. The summed E-state index contributed by atoms with van der Waals surface area (Å²) in [6.07, 6.45) is 1.06. The van der Waals surface area contributed by atoms with Crippen LogP contribution in [0.25, 0.3) is 0 Å². The molecule has 0 aliphatic rings. The molecular weight excluding hydrogens is 350 g/mol. The zero-order valence-electron chi connectivity index (χ0n) is 15.3. The maximum atomic E-state index is 12.8. The van der Waals surface area contributed by atoms with Crippen molar-refractivity contribution in [3.05, 3.63) is 39.8 Å². The third-order valence-corrected chi connectivity index (χ3v) is 4.72. The third kappa shape index (κ3) is 4.99. The summed E-state index contributed by atoms with van der Waals surface area (Å²) in [5, 5.41) is 15.8. The zero-order valence-corrected chi connectivity index (χ0v) is 16.1. The van der Waals surface area contributed by atoms with Crippen LogP contribution in [0.2, 0.25) is 0 Å². The standard InChI is InChI=1S/C18H23N5O2S/c1-4-7-23-17(25)20-21-18(23)26-12-16(24)22(8-5-6-19)15-10-13(2)9-14(3)11-15/h9-11H,4-5,7-8,12H2,1-3H3,(H,20,25). The number of nitriles is 1. The van der Waals surface area contributed by atoms with Crippen LogP contribution in [0, 0.1) is 25.2 Å². The average Bonchev–Trinajstić information content (AvgIpc) is 2.93. The first-order valence-electron chi connectivity index (χ1n) is 8.50. The second-order valence-corrected chi connectivity index (χ2v) is 6.99. The van der Waals surface area contributed by atoms with Gasteiger partial charge in [-0.15, -0.1) is 5.10 Å². The van der Waals surface area contributed by atoms with E-state index in [0.29, 0.717) is 18.2 Å². The molecule has 0 saturated heterocycles. The Kier molecular flexibility index (Phi) is 7.04. The summed E-state index contributed by atoms with van der Waals surface area (Å²) in [6, 6.07) is 8.01. The Morgan fingerprint density at radius 2 is 2.04 bits per heavy atom. The number of H-pyrrole nitrogens is 1. The number of amides is 1. The predicted octanol–water partition coefficient (Wildman–Crippen LogP) is 2.64. The summed E-state index contributed by atoms with van der Waals surface area (Å²) in [4.78, 5) is 26.2. The fourth-order valence-electron chi connectivity index (χ4n) is 2.70. The van der Waals surface area contributed by atoms with E-state index in [4.69, 9.17) is 5.26 Å². The second-order valence-electron chi connectivity index (χ2n) is 6.05. The van der Waals surface area contributed by atoms with E-state index < -0.39 is 0 Å². The van der Waals surface area contributed by atoms with Crippen LogP contribution in [0.5, 0.6) is 0 Å². The van der Waals surface area contributed by atoms with Crippen LogP contribution in [0.1, 0.15) is 30.9 Å². The van der Waals surface area contributed by atoms with E-state index in [1.807, 2.05) is 39.0 Å². The molecule has 1 aromatic carbocycles. The monoisotopic (exact) mass is 373 g/mol. The summed E-state index contributed by atoms with van der Waals surface area (Å²) in [6.45, 7) is 6.82. The molecule has 1 amide bonds. The van der Waals surface area contributed by atoms with Gasteiger partial charge in [0.15, 0.2) is 5.16 Å². The van der Waals surface area contributed by atoms with Crippen LogP contribution in [0.4, 0.5) is 5.69 Å². The molecule has 138 valence electrons. The van der Waals surface area contributed by atoms with Gasteiger partial charge in [-0.1, -0.05) is 24.8 Å². The van der Waals surface area contributed by atoms with E-state index in [-0.39, 0.29) is 23.8 Å². The van der Waals surface area contributed by atoms with Gasteiger partial charge in [-0.25, -0.2) is 9.89 Å². The summed E-state index contributed by atoms with van der Waals surface area (Å²) in [5.41, 5.74) is 2.65. The van der Waals surface area contributed by atoms with Gasteiger partial charge in [0.25, 0.3) is 0 Å². The first kappa shape index (κ1) is 19.8. The van der Waals surface area contributed by atoms with Gasteiger partial charge in [-0.3, -0.25) is 9.36 Å². The SMILES string of the molecule is CCCn1c(SCC(=O)N(CCC#N)c2cc(C)cc(C)c2)n[nH]c1=O. The lowest BCUT2D eigenvalue weighted by Crippen LogP contribution is -2.33. The normalized spacial score (nSPS) is 10.5. The number of aryl methyl sites for hydroxylation is 2. The Labute approximate surface area is 157 Å². The lowest BCUT2D eigenvalue weighted by atomic mass is 10.1.